The Bertz CT molecular complexity index is 607. The second kappa shape index (κ2) is 5.78. The van der Waals surface area contributed by atoms with Crippen LogP contribution in [0.1, 0.15) is 0 Å². The van der Waals surface area contributed by atoms with Gasteiger partial charge in [-0.1, -0.05) is 0 Å². The molecule has 0 radical (unpaired) electrons. The number of hydrogen-bond donors (Lipinski definition) is 1. The molecule has 0 amide bonds. The number of methoxy groups -OCH3 is 1. The molecule has 2 rings (SSSR count). The Hall–Kier alpha value is -2.68. The van der Waals surface area contributed by atoms with Gasteiger partial charge in [-0.25, -0.2) is 4.39 Å². The zero-order chi connectivity index (χ0) is 13.7. The normalized spacial score (nSPS) is 9.74. The van der Waals surface area contributed by atoms with Crippen molar-refractivity contribution < 1.29 is 9.13 Å². The summed E-state index contributed by atoms with van der Waals surface area (Å²) in [7, 11) is 1.41. The van der Waals surface area contributed by atoms with Crippen molar-refractivity contribution in [1.82, 2.24) is 10.2 Å². The Labute approximate surface area is 109 Å². The number of halogens is 1. The van der Waals surface area contributed by atoms with E-state index in [9.17, 15) is 4.39 Å². The number of ether oxygens (including phenoxy) is 1. The van der Waals surface area contributed by atoms with Crippen LogP contribution in [0.15, 0.2) is 30.3 Å². The van der Waals surface area contributed by atoms with Gasteiger partial charge in [0.2, 0.25) is 0 Å². The fourth-order valence-corrected chi connectivity index (χ4v) is 1.54. The lowest BCUT2D eigenvalue weighted by molar-refractivity contribution is 0.386. The molecule has 0 saturated heterocycles. The zero-order valence-corrected chi connectivity index (χ0v) is 10.2. The molecule has 1 heterocycles. The monoisotopic (exact) mass is 258 g/mol. The van der Waals surface area contributed by atoms with Gasteiger partial charge in [-0.05, 0) is 30.3 Å². The molecule has 1 aromatic carbocycles. The molecule has 0 bridgehead atoms. The van der Waals surface area contributed by atoms with Gasteiger partial charge < -0.3 is 10.1 Å². The molecule has 19 heavy (non-hydrogen) atoms. The molecule has 6 heteroatoms. The Morgan fingerprint density at radius 3 is 2.74 bits per heavy atom. The molecule has 96 valence electrons. The molecular formula is C13H11FN4O. The van der Waals surface area contributed by atoms with Crippen LogP contribution >= 0.6 is 0 Å². The summed E-state index contributed by atoms with van der Waals surface area (Å²) >= 11 is 0. The maximum Gasteiger partial charge on any atom is 0.165 e. The topological polar surface area (TPSA) is 70.8 Å². The molecule has 1 aromatic heterocycles. The number of nitrogens with one attached hydrogen (secondary N) is 1. The predicted molar refractivity (Wildman–Crippen MR) is 68.1 cm³/mol. The van der Waals surface area contributed by atoms with E-state index in [0.717, 1.165) is 0 Å². The van der Waals surface area contributed by atoms with Crippen molar-refractivity contribution in [3.05, 3.63) is 36.1 Å². The van der Waals surface area contributed by atoms with E-state index >= 15 is 0 Å². The number of hydrogen-bond acceptors (Lipinski definition) is 5. The molecule has 0 spiro atoms. The van der Waals surface area contributed by atoms with Gasteiger partial charge >= 0.3 is 0 Å². The highest BCUT2D eigenvalue weighted by Gasteiger charge is 2.06. The van der Waals surface area contributed by atoms with Crippen LogP contribution in [0, 0.1) is 17.1 Å². The van der Waals surface area contributed by atoms with E-state index in [1.54, 1.807) is 18.2 Å². The van der Waals surface area contributed by atoms with Crippen molar-refractivity contribution in [2.45, 2.75) is 0 Å². The summed E-state index contributed by atoms with van der Waals surface area (Å²) in [6.07, 6.45) is 0. The van der Waals surface area contributed by atoms with Crippen LogP contribution in [-0.4, -0.2) is 23.9 Å². The highest BCUT2D eigenvalue weighted by Crippen LogP contribution is 2.24. The van der Waals surface area contributed by atoms with E-state index in [2.05, 4.69) is 15.5 Å². The van der Waals surface area contributed by atoms with Gasteiger partial charge in [-0.3, -0.25) is 0 Å². The average molecular weight is 258 g/mol. The second-order valence-corrected chi connectivity index (χ2v) is 3.66. The SMILES string of the molecule is COc1ccc(-c2ccc(NCC#N)nn2)cc1F. The maximum atomic E-state index is 13.6. The minimum absolute atomic E-state index is 0.158. The maximum absolute atomic E-state index is 13.6. The molecule has 0 aliphatic heterocycles. The van der Waals surface area contributed by atoms with E-state index < -0.39 is 5.82 Å². The lowest BCUT2D eigenvalue weighted by atomic mass is 10.1. The third-order valence-electron chi connectivity index (χ3n) is 2.46. The number of rotatable bonds is 4. The minimum atomic E-state index is -0.450. The summed E-state index contributed by atoms with van der Waals surface area (Å²) in [6, 6.07) is 9.90. The first kappa shape index (κ1) is 12.8. The van der Waals surface area contributed by atoms with Crippen LogP contribution in [0.4, 0.5) is 10.2 Å². The summed E-state index contributed by atoms with van der Waals surface area (Å²) in [4.78, 5) is 0. The first-order valence-electron chi connectivity index (χ1n) is 5.53. The molecule has 0 atom stereocenters. The lowest BCUT2D eigenvalue weighted by Gasteiger charge is -2.05. The van der Waals surface area contributed by atoms with Gasteiger partial charge in [0.15, 0.2) is 11.6 Å². The van der Waals surface area contributed by atoms with Gasteiger partial charge in [0.25, 0.3) is 0 Å². The number of nitrogens with zero attached hydrogens (tertiary/aromatic N) is 3. The summed E-state index contributed by atoms with van der Waals surface area (Å²) in [5, 5.41) is 19.1. The molecule has 0 saturated carbocycles. The van der Waals surface area contributed by atoms with E-state index in [1.807, 2.05) is 6.07 Å². The Morgan fingerprint density at radius 1 is 1.32 bits per heavy atom. The first-order chi connectivity index (χ1) is 9.24. The Morgan fingerprint density at radius 2 is 2.16 bits per heavy atom. The van der Waals surface area contributed by atoms with Crippen molar-refractivity contribution in [3.8, 4) is 23.1 Å². The highest BCUT2D eigenvalue weighted by molar-refractivity contribution is 5.60. The van der Waals surface area contributed by atoms with E-state index in [0.29, 0.717) is 17.1 Å². The van der Waals surface area contributed by atoms with Gasteiger partial charge in [0.05, 0.1) is 18.9 Å². The molecule has 0 aliphatic rings. The van der Waals surface area contributed by atoms with Gasteiger partial charge in [-0.2, -0.15) is 5.26 Å². The third kappa shape index (κ3) is 2.96. The quantitative estimate of drug-likeness (QED) is 0.851. The van der Waals surface area contributed by atoms with Crippen molar-refractivity contribution >= 4 is 5.82 Å². The molecule has 5 nitrogen and oxygen atoms in total. The average Bonchev–Trinajstić information content (AvgIpc) is 2.45. The van der Waals surface area contributed by atoms with Gasteiger partial charge in [0.1, 0.15) is 12.4 Å². The second-order valence-electron chi connectivity index (χ2n) is 3.66. The smallest absolute Gasteiger partial charge is 0.165 e. The van der Waals surface area contributed by atoms with Crippen molar-refractivity contribution in [3.63, 3.8) is 0 Å². The lowest BCUT2D eigenvalue weighted by Crippen LogP contribution is -2.02. The number of nitriles is 1. The summed E-state index contributed by atoms with van der Waals surface area (Å²) < 4.78 is 18.4. The first-order valence-corrected chi connectivity index (χ1v) is 5.53. The molecular weight excluding hydrogens is 247 g/mol. The highest BCUT2D eigenvalue weighted by atomic mass is 19.1. The van der Waals surface area contributed by atoms with Crippen LogP contribution in [0.3, 0.4) is 0 Å². The van der Waals surface area contributed by atoms with Crippen LogP contribution in [0.2, 0.25) is 0 Å². The van der Waals surface area contributed by atoms with Crippen LogP contribution in [0.5, 0.6) is 5.75 Å². The van der Waals surface area contributed by atoms with Crippen molar-refractivity contribution in [1.29, 1.82) is 5.26 Å². The molecule has 1 N–H and O–H groups in total. The largest absolute Gasteiger partial charge is 0.494 e. The zero-order valence-electron chi connectivity index (χ0n) is 10.2. The predicted octanol–water partition coefficient (Wildman–Crippen LogP) is 2.23. The minimum Gasteiger partial charge on any atom is -0.494 e. The van der Waals surface area contributed by atoms with E-state index in [-0.39, 0.29) is 12.3 Å². The summed E-state index contributed by atoms with van der Waals surface area (Å²) in [5.41, 5.74) is 1.15. The Kier molecular flexibility index (Phi) is 3.88. The fourth-order valence-electron chi connectivity index (χ4n) is 1.54. The van der Waals surface area contributed by atoms with E-state index in [4.69, 9.17) is 10.00 Å². The molecule has 0 unspecified atom stereocenters. The fraction of sp³-hybridized carbons (Fsp3) is 0.154. The summed E-state index contributed by atoms with van der Waals surface area (Å²) in [6.45, 7) is 0.158. The van der Waals surface area contributed by atoms with Crippen LogP contribution < -0.4 is 10.1 Å². The standard InChI is InChI=1S/C13H11FN4O/c1-19-12-4-2-9(8-10(12)14)11-3-5-13(18-17-11)16-7-6-15/h2-5,8H,7H2,1H3,(H,16,18). The van der Waals surface area contributed by atoms with Crippen LogP contribution in [-0.2, 0) is 0 Å². The molecule has 0 fully saturated rings. The number of aromatic nitrogens is 2. The van der Waals surface area contributed by atoms with Crippen LogP contribution in [0.25, 0.3) is 11.3 Å². The van der Waals surface area contributed by atoms with Crippen molar-refractivity contribution in [2.24, 2.45) is 0 Å². The van der Waals surface area contributed by atoms with Gasteiger partial charge in [0, 0.05) is 5.56 Å². The number of benzene rings is 1. The third-order valence-corrected chi connectivity index (χ3v) is 2.46. The summed E-state index contributed by atoms with van der Waals surface area (Å²) in [5.74, 6) is 0.233. The van der Waals surface area contributed by atoms with Gasteiger partial charge in [-0.15, -0.1) is 10.2 Å². The van der Waals surface area contributed by atoms with Crippen molar-refractivity contribution in [2.75, 3.05) is 19.0 Å². The Balaban J connectivity index is 2.22. The number of anilines is 1. The molecule has 0 aliphatic carbocycles. The van der Waals surface area contributed by atoms with E-state index in [1.165, 1.54) is 19.2 Å². The molecule has 2 aromatic rings.